The second kappa shape index (κ2) is 8.36. The zero-order valence-corrected chi connectivity index (χ0v) is 18.1. The van der Waals surface area contributed by atoms with Gasteiger partial charge in [-0.15, -0.1) is 0 Å². The molecule has 5 aromatic rings. The van der Waals surface area contributed by atoms with Gasteiger partial charge in [0.1, 0.15) is 11.4 Å². The maximum atomic E-state index is 14.1. The molecule has 0 atom stereocenters. The molecule has 0 bridgehead atoms. The third-order valence-electron chi connectivity index (χ3n) is 4.95. The lowest BCUT2D eigenvalue weighted by Gasteiger charge is -2.14. The van der Waals surface area contributed by atoms with Crippen LogP contribution in [0.2, 0.25) is 5.02 Å². The van der Waals surface area contributed by atoms with Crippen LogP contribution in [0.15, 0.2) is 72.2 Å². The van der Waals surface area contributed by atoms with Gasteiger partial charge in [-0.1, -0.05) is 11.6 Å². The van der Waals surface area contributed by atoms with Gasteiger partial charge in [-0.05, 0) is 30.3 Å². The summed E-state index contributed by atoms with van der Waals surface area (Å²) in [5, 5.41) is 14.3. The number of hydrogen-bond acceptors (Lipinski definition) is 6. The lowest BCUT2D eigenvalue weighted by Crippen LogP contribution is -2.22. The Morgan fingerprint density at radius 2 is 1.77 bits per heavy atom. The zero-order valence-electron chi connectivity index (χ0n) is 17.3. The highest BCUT2D eigenvalue weighted by Gasteiger charge is 2.41. The predicted molar refractivity (Wildman–Crippen MR) is 118 cm³/mol. The van der Waals surface area contributed by atoms with E-state index in [1.54, 1.807) is 0 Å². The molecule has 0 unspecified atom stereocenters. The fourth-order valence-electron chi connectivity index (χ4n) is 3.47. The fraction of sp³-hybridized carbons (Fsp3) is 0.0476. The van der Waals surface area contributed by atoms with E-state index >= 15 is 0 Å². The molecule has 0 radical (unpaired) electrons. The predicted octanol–water partition coefficient (Wildman–Crippen LogP) is 3.39. The summed E-state index contributed by atoms with van der Waals surface area (Å²) in [5.41, 5.74) is -2.17. The molecule has 0 aliphatic rings. The molecule has 14 heteroatoms. The maximum absolute atomic E-state index is 14.1. The number of fused-ring (bicyclic) bond motifs is 1. The highest BCUT2D eigenvalue weighted by Crippen LogP contribution is 2.34. The first-order valence-electron chi connectivity index (χ1n) is 9.83. The molecule has 0 saturated heterocycles. The molecule has 0 spiro atoms. The first-order valence-corrected chi connectivity index (χ1v) is 10.2. The van der Waals surface area contributed by atoms with Crippen molar-refractivity contribution in [3.63, 3.8) is 0 Å². The van der Waals surface area contributed by atoms with E-state index in [2.05, 4.69) is 25.6 Å². The Labute approximate surface area is 198 Å². The second-order valence-electron chi connectivity index (χ2n) is 7.13. The van der Waals surface area contributed by atoms with Crippen molar-refractivity contribution in [3.8, 4) is 11.4 Å². The van der Waals surface area contributed by atoms with Crippen molar-refractivity contribution in [2.75, 3.05) is 5.32 Å². The molecule has 0 saturated carbocycles. The molecule has 0 fully saturated rings. The van der Waals surface area contributed by atoms with Crippen molar-refractivity contribution in [1.82, 2.24) is 34.2 Å². The van der Waals surface area contributed by atoms with Gasteiger partial charge in [0.2, 0.25) is 0 Å². The molecule has 35 heavy (non-hydrogen) atoms. The normalized spacial score (nSPS) is 11.7. The Kier molecular flexibility index (Phi) is 5.32. The molecular formula is C21H12ClF3N8O2. The molecular weight excluding hydrogens is 489 g/mol. The number of nitrogens with zero attached hydrogens (tertiary/aromatic N) is 7. The first-order chi connectivity index (χ1) is 16.7. The summed E-state index contributed by atoms with van der Waals surface area (Å²) in [6.45, 7) is 0. The van der Waals surface area contributed by atoms with Crippen LogP contribution in [-0.4, -0.2) is 40.1 Å². The van der Waals surface area contributed by atoms with E-state index in [0.29, 0.717) is 10.4 Å². The summed E-state index contributed by atoms with van der Waals surface area (Å²) in [7, 11) is 0. The van der Waals surface area contributed by atoms with Crippen molar-refractivity contribution >= 4 is 28.8 Å². The number of rotatable bonds is 4. The van der Waals surface area contributed by atoms with Crippen LogP contribution >= 0.6 is 11.6 Å². The smallest absolute Gasteiger partial charge is 0.322 e. The number of carbonyl (C=O) groups is 1. The number of pyridine rings is 1. The minimum atomic E-state index is -4.96. The number of carbonyl (C=O) groups excluding carboxylic acids is 1. The summed E-state index contributed by atoms with van der Waals surface area (Å²) in [4.78, 5) is 30.2. The van der Waals surface area contributed by atoms with Crippen molar-refractivity contribution < 1.29 is 18.0 Å². The van der Waals surface area contributed by atoms with Crippen LogP contribution in [0.1, 0.15) is 16.1 Å². The number of alkyl halides is 3. The molecule has 10 nitrogen and oxygen atoms in total. The van der Waals surface area contributed by atoms with E-state index in [1.165, 1.54) is 66.0 Å². The van der Waals surface area contributed by atoms with Gasteiger partial charge in [-0.25, -0.2) is 9.67 Å². The van der Waals surface area contributed by atoms with Crippen molar-refractivity contribution in [2.24, 2.45) is 0 Å². The van der Waals surface area contributed by atoms with E-state index < -0.39 is 28.9 Å². The van der Waals surface area contributed by atoms with E-state index in [1.807, 2.05) is 0 Å². The number of aromatic nitrogens is 7. The number of benzene rings is 1. The van der Waals surface area contributed by atoms with Crippen LogP contribution in [-0.2, 0) is 6.18 Å². The molecule has 0 aliphatic carbocycles. The van der Waals surface area contributed by atoms with Crippen molar-refractivity contribution in [1.29, 1.82) is 0 Å². The van der Waals surface area contributed by atoms with Gasteiger partial charge < -0.3 is 5.32 Å². The van der Waals surface area contributed by atoms with E-state index in [9.17, 15) is 22.8 Å². The first kappa shape index (κ1) is 22.3. The minimum Gasteiger partial charge on any atom is -0.322 e. The lowest BCUT2D eigenvalue weighted by molar-refractivity contribution is -0.143. The van der Waals surface area contributed by atoms with Crippen LogP contribution in [0.25, 0.3) is 17.0 Å². The molecule has 0 aliphatic heterocycles. The number of anilines is 1. The van der Waals surface area contributed by atoms with E-state index in [4.69, 9.17) is 11.6 Å². The zero-order chi connectivity index (χ0) is 24.7. The average molecular weight is 501 g/mol. The highest BCUT2D eigenvalue weighted by molar-refractivity contribution is 6.32. The summed E-state index contributed by atoms with van der Waals surface area (Å²) in [6.07, 6.45) is 1.28. The van der Waals surface area contributed by atoms with Gasteiger partial charge in [0.25, 0.3) is 11.5 Å². The van der Waals surface area contributed by atoms with Crippen LogP contribution in [0.4, 0.5) is 18.9 Å². The summed E-state index contributed by atoms with van der Waals surface area (Å²) in [6, 6.07) is 8.17. The van der Waals surface area contributed by atoms with Crippen molar-refractivity contribution in [3.05, 3.63) is 94.0 Å². The topological polar surface area (TPSA) is 112 Å². The quantitative estimate of drug-likeness (QED) is 0.405. The average Bonchev–Trinajstić information content (AvgIpc) is 3.49. The molecule has 4 aromatic heterocycles. The third kappa shape index (κ3) is 4.01. The highest BCUT2D eigenvalue weighted by atomic mass is 35.5. The molecule has 1 amide bonds. The Morgan fingerprint density at radius 3 is 2.49 bits per heavy atom. The van der Waals surface area contributed by atoms with Gasteiger partial charge in [0.05, 0.1) is 29.2 Å². The van der Waals surface area contributed by atoms with Gasteiger partial charge in [0, 0.05) is 24.1 Å². The van der Waals surface area contributed by atoms with Gasteiger partial charge >= 0.3 is 6.18 Å². The Balaban J connectivity index is 1.55. The van der Waals surface area contributed by atoms with E-state index in [-0.39, 0.29) is 22.0 Å². The van der Waals surface area contributed by atoms with Crippen LogP contribution < -0.4 is 10.9 Å². The lowest BCUT2D eigenvalue weighted by atomic mass is 10.2. The van der Waals surface area contributed by atoms with Crippen LogP contribution in [0, 0.1) is 0 Å². The van der Waals surface area contributed by atoms with E-state index in [0.717, 1.165) is 10.6 Å². The molecule has 4 heterocycles. The molecule has 1 N–H and O–H groups in total. The standard InChI is InChI=1S/C21H12ClF3N8O2/c22-14-10-12(3-4-15(14)33-27-7-8-28-33)30-20(35)13-11-29-32(18(13)21(23,24)25)16-2-1-9-31-17(34)5-6-26-19(16)31/h1-11H,(H,30,35). The van der Waals surface area contributed by atoms with Crippen LogP contribution in [0.3, 0.4) is 0 Å². The number of hydrogen-bond donors (Lipinski definition) is 1. The molecule has 5 rings (SSSR count). The Bertz CT molecular complexity index is 1630. The number of halogens is 4. The molecule has 1 aromatic carbocycles. The summed E-state index contributed by atoms with van der Waals surface area (Å²) >= 11 is 6.22. The van der Waals surface area contributed by atoms with Gasteiger partial charge in [-0.3, -0.25) is 14.0 Å². The molecule has 176 valence electrons. The Morgan fingerprint density at radius 1 is 1.00 bits per heavy atom. The van der Waals surface area contributed by atoms with Crippen LogP contribution in [0.5, 0.6) is 0 Å². The maximum Gasteiger partial charge on any atom is 0.434 e. The summed E-state index contributed by atoms with van der Waals surface area (Å²) < 4.78 is 44.0. The van der Waals surface area contributed by atoms with Gasteiger partial charge in [0.15, 0.2) is 11.3 Å². The number of amides is 1. The summed E-state index contributed by atoms with van der Waals surface area (Å²) in [5.74, 6) is -1.06. The number of nitrogens with one attached hydrogen (secondary N) is 1. The monoisotopic (exact) mass is 500 g/mol. The largest absolute Gasteiger partial charge is 0.434 e. The van der Waals surface area contributed by atoms with Crippen molar-refractivity contribution in [2.45, 2.75) is 6.18 Å². The third-order valence-corrected chi connectivity index (χ3v) is 5.25. The minimum absolute atomic E-state index is 0.0600. The second-order valence-corrected chi connectivity index (χ2v) is 7.53. The SMILES string of the molecule is O=C(Nc1ccc(-n2nccn2)c(Cl)c1)c1cnn(-c2cccn3c(=O)ccnc23)c1C(F)(F)F. The van der Waals surface area contributed by atoms with Gasteiger partial charge in [-0.2, -0.15) is 33.3 Å². The Hall–Kier alpha value is -4.52. The fourth-order valence-corrected chi connectivity index (χ4v) is 3.72.